The third-order valence-electron chi connectivity index (χ3n) is 3.06. The van der Waals surface area contributed by atoms with Crippen molar-refractivity contribution in [3.63, 3.8) is 0 Å². The molecule has 0 aliphatic carbocycles. The fourth-order valence-corrected chi connectivity index (χ4v) is 1.78. The van der Waals surface area contributed by atoms with Gasteiger partial charge in [-0.05, 0) is 48.0 Å². The fraction of sp³-hybridized carbons (Fsp3) is 0.750. The van der Waals surface area contributed by atoms with E-state index in [4.69, 9.17) is 14.2 Å². The lowest BCUT2D eigenvalue weighted by Crippen LogP contribution is -2.42. The van der Waals surface area contributed by atoms with Crippen LogP contribution in [0.5, 0.6) is 0 Å². The lowest BCUT2D eigenvalue weighted by molar-refractivity contribution is -0.165. The molecule has 1 heterocycles. The van der Waals surface area contributed by atoms with E-state index in [-0.39, 0.29) is 19.6 Å². The van der Waals surface area contributed by atoms with Crippen LogP contribution in [0.3, 0.4) is 0 Å². The Morgan fingerprint density at radius 2 is 1.75 bits per heavy atom. The molecule has 0 radical (unpaired) electrons. The lowest BCUT2D eigenvalue weighted by Gasteiger charge is -2.25. The molecule has 0 bridgehead atoms. The molecule has 1 aliphatic rings. The number of amides is 1. The third-order valence-corrected chi connectivity index (χ3v) is 3.06. The van der Waals surface area contributed by atoms with Crippen LogP contribution in [0.4, 0.5) is 4.79 Å². The summed E-state index contributed by atoms with van der Waals surface area (Å²) in [5.74, 6) is -2.01. The van der Waals surface area contributed by atoms with Gasteiger partial charge < -0.3 is 14.2 Å². The molecule has 1 aliphatic heterocycles. The molecule has 0 saturated carbocycles. The first-order chi connectivity index (χ1) is 10.8. The molecule has 1 saturated heterocycles. The summed E-state index contributed by atoms with van der Waals surface area (Å²) in [6, 6.07) is -0.933. The molecule has 136 valence electrons. The first-order valence-electron chi connectivity index (χ1n) is 7.72. The van der Waals surface area contributed by atoms with Gasteiger partial charge in [0.05, 0.1) is 5.41 Å². The summed E-state index contributed by atoms with van der Waals surface area (Å²) in [5.41, 5.74) is -1.52. The van der Waals surface area contributed by atoms with E-state index in [1.807, 2.05) is 0 Å². The van der Waals surface area contributed by atoms with Crippen LogP contribution < -0.4 is 0 Å². The second-order valence-electron chi connectivity index (χ2n) is 7.61. The van der Waals surface area contributed by atoms with Crippen LogP contribution in [-0.2, 0) is 28.6 Å². The van der Waals surface area contributed by atoms with Crippen LogP contribution in [0.15, 0.2) is 0 Å². The van der Waals surface area contributed by atoms with Gasteiger partial charge in [0.1, 0.15) is 11.6 Å². The molecule has 8 nitrogen and oxygen atoms in total. The van der Waals surface area contributed by atoms with Gasteiger partial charge in [-0.15, -0.1) is 0 Å². The van der Waals surface area contributed by atoms with E-state index in [9.17, 15) is 19.2 Å². The molecule has 1 fully saturated rings. The van der Waals surface area contributed by atoms with Gasteiger partial charge in [0, 0.05) is 6.42 Å². The second kappa shape index (κ2) is 7.19. The molecule has 8 heteroatoms. The van der Waals surface area contributed by atoms with Crippen molar-refractivity contribution in [3.8, 4) is 0 Å². The number of ether oxygens (including phenoxy) is 3. The maximum atomic E-state index is 12.1. The monoisotopic (exact) mass is 343 g/mol. The minimum Gasteiger partial charge on any atom is -0.444 e. The smallest absolute Gasteiger partial charge is 0.413 e. The second-order valence-corrected chi connectivity index (χ2v) is 7.61. The van der Waals surface area contributed by atoms with Gasteiger partial charge in [-0.2, -0.15) is 0 Å². The van der Waals surface area contributed by atoms with E-state index in [1.54, 1.807) is 41.5 Å². The van der Waals surface area contributed by atoms with Gasteiger partial charge in [0.25, 0.3) is 0 Å². The zero-order valence-corrected chi connectivity index (χ0v) is 15.0. The molecule has 0 aromatic heterocycles. The van der Waals surface area contributed by atoms with E-state index in [0.29, 0.717) is 0 Å². The maximum Gasteiger partial charge on any atom is 0.413 e. The van der Waals surface area contributed by atoms with Crippen LogP contribution in [-0.4, -0.2) is 47.3 Å². The highest BCUT2D eigenvalue weighted by Crippen LogP contribution is 2.21. The van der Waals surface area contributed by atoms with Gasteiger partial charge >= 0.3 is 24.0 Å². The van der Waals surface area contributed by atoms with E-state index in [2.05, 4.69) is 0 Å². The van der Waals surface area contributed by atoms with Gasteiger partial charge in [-0.1, -0.05) is 0 Å². The van der Waals surface area contributed by atoms with E-state index < -0.39 is 41.1 Å². The number of esters is 3. The van der Waals surface area contributed by atoms with Crippen LogP contribution >= 0.6 is 0 Å². The summed E-state index contributed by atoms with van der Waals surface area (Å²) in [6.45, 7) is 9.76. The number of carbonyl (C=O) groups excluding carboxylic acids is 4. The number of cyclic esters (lactones) is 1. The fourth-order valence-electron chi connectivity index (χ4n) is 1.78. The summed E-state index contributed by atoms with van der Waals surface area (Å²) in [4.78, 5) is 48.3. The highest BCUT2D eigenvalue weighted by Gasteiger charge is 2.40. The first kappa shape index (κ1) is 19.9. The standard InChI is InChI=1S/C16H25NO7/c1-15(2,3)13(20)23-11(18)8-7-10-12(19)22-9-17(10)14(21)24-16(4,5)6/h10H,7-9H2,1-6H3/t10-/m0/s1. The van der Waals surface area contributed by atoms with Crippen molar-refractivity contribution in [2.24, 2.45) is 5.41 Å². The molecule has 0 unspecified atom stereocenters. The average Bonchev–Trinajstić information content (AvgIpc) is 2.74. The Morgan fingerprint density at radius 1 is 1.17 bits per heavy atom. The topological polar surface area (TPSA) is 99.2 Å². The number of hydrogen-bond donors (Lipinski definition) is 0. The number of hydrogen-bond acceptors (Lipinski definition) is 7. The largest absolute Gasteiger partial charge is 0.444 e. The number of nitrogens with zero attached hydrogens (tertiary/aromatic N) is 1. The normalized spacial score (nSPS) is 18.2. The van der Waals surface area contributed by atoms with E-state index in [0.717, 1.165) is 4.90 Å². The highest BCUT2D eigenvalue weighted by atomic mass is 16.6. The zero-order valence-electron chi connectivity index (χ0n) is 15.0. The third kappa shape index (κ3) is 5.82. The Labute approximate surface area is 141 Å². The SMILES string of the molecule is CC(C)(C)OC(=O)N1COC(=O)[C@@H]1CCC(=O)OC(=O)C(C)(C)C. The summed E-state index contributed by atoms with van der Waals surface area (Å²) in [7, 11) is 0. The molecule has 0 spiro atoms. The molecular weight excluding hydrogens is 318 g/mol. The minimum absolute atomic E-state index is 0.00562. The van der Waals surface area contributed by atoms with Crippen molar-refractivity contribution in [2.45, 2.75) is 66.0 Å². The molecule has 1 atom stereocenters. The van der Waals surface area contributed by atoms with Crippen LogP contribution in [0.2, 0.25) is 0 Å². The molecular formula is C16H25NO7. The van der Waals surface area contributed by atoms with Gasteiger partial charge in [0.2, 0.25) is 0 Å². The molecule has 0 N–H and O–H groups in total. The Balaban J connectivity index is 2.61. The minimum atomic E-state index is -0.933. The van der Waals surface area contributed by atoms with Crippen LogP contribution in [0, 0.1) is 5.41 Å². The average molecular weight is 343 g/mol. The summed E-state index contributed by atoms with van der Waals surface area (Å²) < 4.78 is 14.8. The quantitative estimate of drug-likeness (QED) is 0.439. The van der Waals surface area contributed by atoms with Crippen molar-refractivity contribution in [2.75, 3.05) is 6.73 Å². The van der Waals surface area contributed by atoms with E-state index >= 15 is 0 Å². The predicted molar refractivity (Wildman–Crippen MR) is 82.6 cm³/mol. The molecule has 1 rings (SSSR count). The van der Waals surface area contributed by atoms with Crippen molar-refractivity contribution in [1.29, 1.82) is 0 Å². The van der Waals surface area contributed by atoms with Crippen LogP contribution in [0.25, 0.3) is 0 Å². The van der Waals surface area contributed by atoms with Gasteiger partial charge in [-0.25, -0.2) is 9.59 Å². The molecule has 0 aromatic rings. The Bertz CT molecular complexity index is 528. The Hall–Kier alpha value is -2.12. The maximum absolute atomic E-state index is 12.1. The Morgan fingerprint density at radius 3 is 2.25 bits per heavy atom. The molecule has 24 heavy (non-hydrogen) atoms. The Kier molecular flexibility index (Phi) is 5.97. The first-order valence-corrected chi connectivity index (χ1v) is 7.72. The van der Waals surface area contributed by atoms with E-state index in [1.165, 1.54) is 0 Å². The summed E-state index contributed by atoms with van der Waals surface area (Å²) in [6.07, 6.45) is -0.896. The van der Waals surface area contributed by atoms with Crippen molar-refractivity contribution >= 4 is 24.0 Å². The van der Waals surface area contributed by atoms with Gasteiger partial charge in [-0.3, -0.25) is 14.5 Å². The van der Waals surface area contributed by atoms with Crippen molar-refractivity contribution in [3.05, 3.63) is 0 Å². The lowest BCUT2D eigenvalue weighted by atomic mass is 9.97. The molecule has 0 aromatic carbocycles. The number of rotatable bonds is 3. The predicted octanol–water partition coefficient (Wildman–Crippen LogP) is 2.00. The molecule has 1 amide bonds. The van der Waals surface area contributed by atoms with Gasteiger partial charge in [0.15, 0.2) is 6.73 Å². The zero-order chi connectivity index (χ0) is 18.7. The van der Waals surface area contributed by atoms with Crippen molar-refractivity contribution in [1.82, 2.24) is 4.90 Å². The van der Waals surface area contributed by atoms with Crippen LogP contribution in [0.1, 0.15) is 54.4 Å². The highest BCUT2D eigenvalue weighted by molar-refractivity contribution is 5.89. The number of carbonyl (C=O) groups is 4. The summed E-state index contributed by atoms with van der Waals surface area (Å²) in [5, 5.41) is 0. The summed E-state index contributed by atoms with van der Waals surface area (Å²) >= 11 is 0. The van der Waals surface area contributed by atoms with Crippen molar-refractivity contribution < 1.29 is 33.4 Å².